The van der Waals surface area contributed by atoms with Crippen molar-refractivity contribution in [2.75, 3.05) is 0 Å². The van der Waals surface area contributed by atoms with E-state index in [1.54, 1.807) is 0 Å². The summed E-state index contributed by atoms with van der Waals surface area (Å²) < 4.78 is 0. The molecule has 4 unspecified atom stereocenters. The van der Waals surface area contributed by atoms with Crippen LogP contribution in [0.4, 0.5) is 0 Å². The molecule has 12 heavy (non-hydrogen) atoms. The summed E-state index contributed by atoms with van der Waals surface area (Å²) in [5.74, 6) is 1.25. The Morgan fingerprint density at radius 3 is 2.92 bits per heavy atom. The maximum atomic E-state index is 11.2. The second-order valence-corrected chi connectivity index (χ2v) is 13.0. The maximum absolute atomic E-state index is 11.2. The maximum Gasteiger partial charge on any atom is 0.133 e. The highest BCUT2D eigenvalue weighted by molar-refractivity contribution is 8.61. The van der Waals surface area contributed by atoms with E-state index in [1.165, 1.54) is 0 Å². The minimum atomic E-state index is 0.0241. The quantitative estimate of drug-likeness (QED) is 0.676. The van der Waals surface area contributed by atoms with Gasteiger partial charge in [0.2, 0.25) is 0 Å². The van der Waals surface area contributed by atoms with Gasteiger partial charge >= 0.3 is 0 Å². The van der Waals surface area contributed by atoms with Crippen molar-refractivity contribution in [3.8, 4) is 0 Å². The van der Waals surface area contributed by atoms with Crippen molar-refractivity contribution in [3.63, 3.8) is 0 Å². The fourth-order valence-electron chi connectivity index (χ4n) is 1.59. The van der Waals surface area contributed by atoms with Crippen molar-refractivity contribution in [2.45, 2.75) is 31.8 Å². The van der Waals surface area contributed by atoms with Crippen molar-refractivity contribution in [2.24, 2.45) is 5.92 Å². The Morgan fingerprint density at radius 2 is 2.33 bits per heavy atom. The average Bonchev–Trinajstić information content (AvgIpc) is 2.08. The summed E-state index contributed by atoms with van der Waals surface area (Å²) in [5.41, 5.74) is 0.682. The van der Waals surface area contributed by atoms with Crippen molar-refractivity contribution in [1.82, 2.24) is 0 Å². The minimum absolute atomic E-state index is 0.0241. The van der Waals surface area contributed by atoms with Crippen LogP contribution >= 0.6 is 33.1 Å². The summed E-state index contributed by atoms with van der Waals surface area (Å²) in [7, 11) is 6.72. The number of ketones is 1. The first-order chi connectivity index (χ1) is 5.65. The number of hydrogen-bond acceptors (Lipinski definition) is 1. The first-order valence-electron chi connectivity index (χ1n) is 4.17. The predicted octanol–water partition coefficient (Wildman–Crippen LogP) is 3.40. The van der Waals surface area contributed by atoms with E-state index >= 15 is 0 Å². The van der Waals surface area contributed by atoms with E-state index in [4.69, 9.17) is 0 Å². The minimum Gasteiger partial charge on any atom is -0.300 e. The Morgan fingerprint density at radius 1 is 1.67 bits per heavy atom. The normalized spacial score (nSPS) is 34.4. The summed E-state index contributed by atoms with van der Waals surface area (Å²) >= 11 is 0. The van der Waals surface area contributed by atoms with Crippen LogP contribution in [0.5, 0.6) is 0 Å². The van der Waals surface area contributed by atoms with Crippen LogP contribution in [0, 0.1) is 5.92 Å². The van der Waals surface area contributed by atoms with Gasteiger partial charge in [-0.3, -0.25) is 4.79 Å². The predicted molar refractivity (Wildman–Crippen MR) is 66.5 cm³/mol. The van der Waals surface area contributed by atoms with Gasteiger partial charge < -0.3 is 0 Å². The van der Waals surface area contributed by atoms with Crippen LogP contribution in [-0.4, -0.2) is 11.4 Å². The average molecular weight is 240 g/mol. The van der Waals surface area contributed by atoms with Crippen molar-refractivity contribution < 1.29 is 4.79 Å². The van der Waals surface area contributed by atoms with E-state index in [0.717, 1.165) is 33.1 Å². The van der Waals surface area contributed by atoms with Crippen LogP contribution in [0.25, 0.3) is 0 Å². The number of hydrogen-bond donors (Lipinski definition) is 0. The summed E-state index contributed by atoms with van der Waals surface area (Å²) in [4.78, 5) is 11.2. The molecule has 1 nitrogen and oxygen atoms in total. The van der Waals surface area contributed by atoms with E-state index in [-0.39, 0.29) is 7.30 Å². The second-order valence-electron chi connectivity index (χ2n) is 3.36. The van der Waals surface area contributed by atoms with Gasteiger partial charge in [0, 0.05) is 12.8 Å². The molecule has 0 spiro atoms. The van der Waals surface area contributed by atoms with Crippen LogP contribution in [0.2, 0.25) is 0 Å². The van der Waals surface area contributed by atoms with Crippen LogP contribution in [0.1, 0.15) is 26.2 Å². The Balaban J connectivity index is 2.54. The standard InChI is InChI=1S/C7H16OP4/c1-5-2-3-6(8)4-7(5)12(10)11-9/h5,7,11H,2-4,9-10H2,1H3/t5-,7+,12?/m0/s1. The summed E-state index contributed by atoms with van der Waals surface area (Å²) in [6.07, 6.45) is 2.79. The smallest absolute Gasteiger partial charge is 0.133 e. The molecule has 6 atom stereocenters. The number of carbonyl (C=O) groups is 1. The van der Waals surface area contributed by atoms with Crippen LogP contribution in [-0.2, 0) is 4.79 Å². The Hall–Kier alpha value is 1.39. The van der Waals surface area contributed by atoms with Crippen LogP contribution in [0.15, 0.2) is 0 Å². The molecule has 0 bridgehead atoms. The second kappa shape index (κ2) is 5.32. The zero-order valence-corrected chi connectivity index (χ0v) is 11.5. The molecule has 0 aromatic rings. The fraction of sp³-hybridized carbons (Fsp3) is 0.857. The monoisotopic (exact) mass is 240 g/mol. The Labute approximate surface area is 81.8 Å². The van der Waals surface area contributed by atoms with Gasteiger partial charge in [0.1, 0.15) is 5.78 Å². The molecule has 0 aliphatic heterocycles. The SMILES string of the molecule is C[C@H]1CCC(=O)C[C@H]1P(P)PP. The first kappa shape index (κ1) is 11.5. The summed E-state index contributed by atoms with van der Waals surface area (Å²) in [6, 6.07) is 0. The molecule has 1 aliphatic carbocycles. The summed E-state index contributed by atoms with van der Waals surface area (Å²) in [5, 5.41) is 0. The molecular weight excluding hydrogens is 224 g/mol. The molecule has 0 N–H and O–H groups in total. The fourth-order valence-corrected chi connectivity index (χ4v) is 7.41. The van der Waals surface area contributed by atoms with Gasteiger partial charge in [-0.2, -0.15) is 0 Å². The van der Waals surface area contributed by atoms with Gasteiger partial charge in [0.05, 0.1) is 0 Å². The molecule has 70 valence electrons. The van der Waals surface area contributed by atoms with E-state index in [9.17, 15) is 4.79 Å². The highest BCUT2D eigenvalue weighted by Gasteiger charge is 2.29. The van der Waals surface area contributed by atoms with Crippen molar-refractivity contribution in [1.29, 1.82) is 0 Å². The zero-order valence-electron chi connectivity index (χ0n) is 7.29. The zero-order chi connectivity index (χ0) is 9.14. The Kier molecular flexibility index (Phi) is 5.08. The lowest BCUT2D eigenvalue weighted by Gasteiger charge is -2.32. The van der Waals surface area contributed by atoms with E-state index in [2.05, 4.69) is 24.8 Å². The van der Waals surface area contributed by atoms with E-state index in [0.29, 0.717) is 11.4 Å². The highest BCUT2D eigenvalue weighted by atomic mass is 32.6. The molecule has 1 fully saturated rings. The molecule has 5 heteroatoms. The lowest BCUT2D eigenvalue weighted by atomic mass is 9.89. The highest BCUT2D eigenvalue weighted by Crippen LogP contribution is 2.71. The first-order valence-corrected chi connectivity index (χ1v) is 10.8. The van der Waals surface area contributed by atoms with Crippen molar-refractivity contribution in [3.05, 3.63) is 0 Å². The van der Waals surface area contributed by atoms with Gasteiger partial charge in [0.15, 0.2) is 0 Å². The molecule has 0 saturated heterocycles. The molecule has 0 heterocycles. The topological polar surface area (TPSA) is 17.1 Å². The third-order valence-electron chi connectivity index (χ3n) is 2.48. The van der Waals surface area contributed by atoms with Gasteiger partial charge in [-0.25, -0.2) is 0 Å². The third kappa shape index (κ3) is 2.96. The van der Waals surface area contributed by atoms with Crippen LogP contribution in [0.3, 0.4) is 0 Å². The lowest BCUT2D eigenvalue weighted by Crippen LogP contribution is -2.24. The van der Waals surface area contributed by atoms with Gasteiger partial charge in [-0.05, 0) is 18.0 Å². The Bertz CT molecular complexity index is 169. The molecule has 1 saturated carbocycles. The van der Waals surface area contributed by atoms with E-state index in [1.807, 2.05) is 0 Å². The number of carbonyl (C=O) groups excluding carboxylic acids is 1. The number of rotatable bonds is 2. The van der Waals surface area contributed by atoms with Crippen LogP contribution < -0.4 is 0 Å². The number of Topliss-reactive ketones (excluding diaryl/α,β-unsaturated/α-hetero) is 1. The molecular formula is C7H16OP4. The summed E-state index contributed by atoms with van der Waals surface area (Å²) in [6.45, 7) is 2.29. The van der Waals surface area contributed by atoms with Crippen molar-refractivity contribution >= 4 is 38.9 Å². The van der Waals surface area contributed by atoms with E-state index < -0.39 is 0 Å². The molecule has 0 aromatic carbocycles. The largest absolute Gasteiger partial charge is 0.300 e. The molecule has 1 rings (SSSR count). The molecule has 1 aliphatic rings. The van der Waals surface area contributed by atoms with Gasteiger partial charge in [-0.15, -0.1) is 17.9 Å². The molecule has 0 radical (unpaired) electrons. The molecule has 0 aromatic heterocycles. The molecule has 0 amide bonds. The van der Waals surface area contributed by atoms with Gasteiger partial charge in [0.25, 0.3) is 0 Å². The van der Waals surface area contributed by atoms with Gasteiger partial charge in [-0.1, -0.05) is 22.2 Å². The lowest BCUT2D eigenvalue weighted by molar-refractivity contribution is -0.120. The third-order valence-corrected chi connectivity index (χ3v) is 13.9.